The van der Waals surface area contributed by atoms with Crippen molar-refractivity contribution in [2.45, 2.75) is 31.6 Å². The highest BCUT2D eigenvalue weighted by Crippen LogP contribution is 2.50. The molecule has 2 unspecified atom stereocenters. The second-order valence-corrected chi connectivity index (χ2v) is 18.3. The largest absolute Gasteiger partial charge is 0.381 e. The van der Waals surface area contributed by atoms with E-state index < -0.39 is 0 Å². The van der Waals surface area contributed by atoms with Gasteiger partial charge in [0.25, 0.3) is 0 Å². The molecule has 9 nitrogen and oxygen atoms in total. The normalized spacial score (nSPS) is 18.8. The third-order valence-corrected chi connectivity index (χ3v) is 14.8. The molecular weight excluding hydrogens is 874 g/mol. The standard InChI is InChI=1S/C51H38ClN7O2S3/c1-27-20-39(47(54-62)46(53)42(27)44-35-12-6-4-10-30(35)22-31-11-5-7-13-36(31)44)59(41-24-38(34-17-19-61-26-34)45(52)51-49(41)56-64-58-51)40-23-37(33-16-18-60-25-33)43(50-48(40)55-63-57-50)32-15-14-28-8-2-3-9-29(28)21-32/h2-15,20-24,33-34,53,62H,16-19,25-26H2,1H3/b53-46?,54-47-. The Morgan fingerprint density at radius 2 is 1.25 bits per heavy atom. The highest BCUT2D eigenvalue weighted by Gasteiger charge is 2.36. The van der Waals surface area contributed by atoms with Crippen molar-refractivity contribution < 1.29 is 9.47 Å². The Morgan fingerprint density at radius 3 is 1.91 bits per heavy atom. The van der Waals surface area contributed by atoms with E-state index in [9.17, 15) is 5.41 Å². The van der Waals surface area contributed by atoms with Crippen molar-refractivity contribution >= 4 is 131 Å². The lowest BCUT2D eigenvalue weighted by atomic mass is 9.82. The molecule has 2 aromatic heterocycles. The molecule has 2 aliphatic heterocycles. The van der Waals surface area contributed by atoms with E-state index in [4.69, 9.17) is 55.8 Å². The van der Waals surface area contributed by atoms with Crippen LogP contribution in [0.25, 0.3) is 71.1 Å². The Balaban J connectivity index is 1.17. The molecule has 1 aliphatic carbocycles. The van der Waals surface area contributed by atoms with Crippen LogP contribution in [-0.2, 0) is 9.47 Å². The van der Waals surface area contributed by atoms with Crippen LogP contribution in [0.15, 0.2) is 131 Å². The number of benzene rings is 7. The van der Waals surface area contributed by atoms with Crippen molar-refractivity contribution in [3.63, 3.8) is 0 Å². The van der Waals surface area contributed by atoms with Crippen LogP contribution >= 0.6 is 47.9 Å². The molecule has 314 valence electrons. The molecule has 12 rings (SSSR count). The lowest BCUT2D eigenvalue weighted by Crippen LogP contribution is -2.32. The lowest BCUT2D eigenvalue weighted by Gasteiger charge is -2.33. The van der Waals surface area contributed by atoms with E-state index in [2.05, 4.69) is 127 Å². The highest BCUT2D eigenvalue weighted by molar-refractivity contribution is 7.79. The van der Waals surface area contributed by atoms with Gasteiger partial charge in [-0.2, -0.15) is 17.5 Å². The summed E-state index contributed by atoms with van der Waals surface area (Å²) in [7, 11) is 0. The van der Waals surface area contributed by atoms with Gasteiger partial charge in [0.15, 0.2) is 0 Å². The van der Waals surface area contributed by atoms with Crippen LogP contribution in [0.4, 0.5) is 11.4 Å². The molecule has 13 heteroatoms. The molecule has 7 aromatic carbocycles. The minimum absolute atomic E-state index is 0.0613. The van der Waals surface area contributed by atoms with Crippen molar-refractivity contribution in [1.82, 2.24) is 17.5 Å². The second kappa shape index (κ2) is 16.0. The van der Waals surface area contributed by atoms with Gasteiger partial charge in [0.2, 0.25) is 0 Å². The first-order valence-corrected chi connectivity index (χ1v) is 23.5. The van der Waals surface area contributed by atoms with Gasteiger partial charge in [-0.1, -0.05) is 96.5 Å². The number of anilines is 2. The molecule has 1 N–H and O–H groups in total. The van der Waals surface area contributed by atoms with Crippen LogP contribution in [-0.4, -0.2) is 55.3 Å². The van der Waals surface area contributed by atoms with Gasteiger partial charge in [-0.25, -0.2) is 4.40 Å². The van der Waals surface area contributed by atoms with Crippen LogP contribution < -0.4 is 4.90 Å². The molecule has 3 aliphatic rings. The summed E-state index contributed by atoms with van der Waals surface area (Å²) in [6.45, 7) is 4.53. The zero-order valence-electron chi connectivity index (χ0n) is 34.5. The van der Waals surface area contributed by atoms with E-state index in [0.29, 0.717) is 59.4 Å². The number of ether oxygens (including phenoxy) is 2. The summed E-state index contributed by atoms with van der Waals surface area (Å²) < 4.78 is 36.7. The maximum atomic E-state index is 10.2. The van der Waals surface area contributed by atoms with Crippen molar-refractivity contribution in [3.8, 4) is 11.1 Å². The molecule has 0 bridgehead atoms. The van der Waals surface area contributed by atoms with Crippen LogP contribution in [0.1, 0.15) is 48.3 Å². The number of nitrogens with zero attached hydrogens (tertiary/aromatic N) is 6. The fourth-order valence-electron chi connectivity index (χ4n) is 10.1. The Hall–Kier alpha value is -5.86. The average molecular weight is 913 g/mol. The Labute approximate surface area is 387 Å². The number of halogens is 1. The van der Waals surface area contributed by atoms with Gasteiger partial charge in [-0.15, -0.1) is 0 Å². The minimum Gasteiger partial charge on any atom is -0.381 e. The number of thiol groups is 1. The third-order valence-electron chi connectivity index (χ3n) is 13.1. The number of nitrogens with one attached hydrogen (secondary N) is 1. The Kier molecular flexibility index (Phi) is 9.92. The average Bonchev–Trinajstić information content (AvgIpc) is 4.18. The molecule has 0 saturated carbocycles. The van der Waals surface area contributed by atoms with E-state index in [1.807, 2.05) is 0 Å². The Morgan fingerprint density at radius 1 is 0.672 bits per heavy atom. The fraction of sp³-hybridized carbons (Fsp3) is 0.176. The number of allylic oxidation sites excluding steroid dienone is 4. The molecule has 2 fully saturated rings. The zero-order valence-corrected chi connectivity index (χ0v) is 37.8. The summed E-state index contributed by atoms with van der Waals surface area (Å²) in [5, 5.41) is 17.4. The van der Waals surface area contributed by atoms with Gasteiger partial charge in [0, 0.05) is 36.2 Å². The van der Waals surface area contributed by atoms with Gasteiger partial charge in [0.05, 0.1) is 64.5 Å². The highest BCUT2D eigenvalue weighted by atomic mass is 35.5. The molecular formula is C51H38ClN7O2S3. The van der Waals surface area contributed by atoms with Crippen molar-refractivity contribution in [2.24, 2.45) is 4.40 Å². The summed E-state index contributed by atoms with van der Waals surface area (Å²) in [6.07, 6.45) is 3.82. The van der Waals surface area contributed by atoms with Gasteiger partial charge in [0.1, 0.15) is 27.8 Å². The zero-order chi connectivity index (χ0) is 43.1. The van der Waals surface area contributed by atoms with Crippen LogP contribution in [0.2, 0.25) is 5.02 Å². The van der Waals surface area contributed by atoms with Crippen LogP contribution in [0, 0.1) is 5.41 Å². The molecule has 0 spiro atoms. The maximum Gasteiger partial charge on any atom is 0.130 e. The number of fused-ring (bicyclic) bond motifs is 5. The molecule has 0 radical (unpaired) electrons. The second-order valence-electron chi connectivity index (χ2n) is 16.7. The van der Waals surface area contributed by atoms with Crippen molar-refractivity contribution in [3.05, 3.63) is 148 Å². The fourth-order valence-corrected chi connectivity index (χ4v) is 11.8. The number of rotatable bonds is 7. The summed E-state index contributed by atoms with van der Waals surface area (Å²) in [4.78, 5) is 2.16. The van der Waals surface area contributed by atoms with E-state index in [-0.39, 0.29) is 17.5 Å². The van der Waals surface area contributed by atoms with Gasteiger partial charge in [-0.05, 0) is 123 Å². The molecule has 2 atom stereocenters. The molecule has 9 aromatic rings. The van der Waals surface area contributed by atoms with Gasteiger partial charge in [-0.3, -0.25) is 5.41 Å². The first-order valence-electron chi connectivity index (χ1n) is 21.3. The summed E-state index contributed by atoms with van der Waals surface area (Å²) in [6, 6.07) is 38.4. The topological polar surface area (TPSA) is 109 Å². The van der Waals surface area contributed by atoms with Crippen molar-refractivity contribution in [1.29, 1.82) is 5.41 Å². The first-order chi connectivity index (χ1) is 31.5. The van der Waals surface area contributed by atoms with E-state index in [1.54, 1.807) is 0 Å². The van der Waals surface area contributed by atoms with E-state index in [1.165, 1.54) is 17.1 Å². The molecule has 64 heavy (non-hydrogen) atoms. The van der Waals surface area contributed by atoms with E-state index in [0.717, 1.165) is 107 Å². The van der Waals surface area contributed by atoms with Gasteiger partial charge >= 0.3 is 0 Å². The number of hydrogen-bond acceptors (Lipinski definition) is 12. The summed E-state index contributed by atoms with van der Waals surface area (Å²) >= 11 is 14.3. The third kappa shape index (κ3) is 6.34. The number of hydrogen-bond donors (Lipinski definition) is 2. The monoisotopic (exact) mass is 911 g/mol. The minimum atomic E-state index is 0.0613. The first kappa shape index (κ1) is 39.7. The summed E-state index contributed by atoms with van der Waals surface area (Å²) in [5.74, 6) is 0.154. The molecule has 4 heterocycles. The quantitative estimate of drug-likeness (QED) is 0.0931. The molecule has 0 amide bonds. The molecule has 2 saturated heterocycles. The predicted octanol–water partition coefficient (Wildman–Crippen LogP) is 13.3. The van der Waals surface area contributed by atoms with Crippen LogP contribution in [0.3, 0.4) is 0 Å². The maximum absolute atomic E-state index is 10.2. The SMILES string of the molecule is CC1=C(c2c3ccccc3cc3ccccc23)C(=N)/C(=N\S)C(N(c2cc(C3CCOC3)c(Cl)c3nsnc23)c2cc(C3CCOC3)c(-c3ccc4ccccc4c3)c3nsnc23)=C1. The van der Waals surface area contributed by atoms with Crippen LogP contribution in [0.5, 0.6) is 0 Å². The summed E-state index contributed by atoms with van der Waals surface area (Å²) in [5.41, 5.74) is 12.5. The van der Waals surface area contributed by atoms with Gasteiger partial charge < -0.3 is 14.4 Å². The lowest BCUT2D eigenvalue weighted by molar-refractivity contribution is 0.194. The smallest absolute Gasteiger partial charge is 0.130 e. The number of aromatic nitrogens is 4. The Bertz CT molecular complexity index is 3460. The predicted molar refractivity (Wildman–Crippen MR) is 268 cm³/mol. The van der Waals surface area contributed by atoms with E-state index >= 15 is 0 Å². The van der Waals surface area contributed by atoms with Crippen molar-refractivity contribution in [2.75, 3.05) is 31.3 Å².